The molecule has 0 unspecified atom stereocenters. The molecule has 1 aromatic carbocycles. The molecular formula is C7H8BrNO3S. The Kier molecular flexibility index (Phi) is 2.65. The van der Waals surface area contributed by atoms with E-state index in [1.165, 1.54) is 12.1 Å². The van der Waals surface area contributed by atoms with Gasteiger partial charge in [0.2, 0.25) is 0 Å². The fourth-order valence-electron chi connectivity index (χ4n) is 0.869. The first kappa shape index (κ1) is 10.5. The predicted octanol–water partition coefficient (Wildman–Crippen LogP) is 1.59. The van der Waals surface area contributed by atoms with Gasteiger partial charge in [0.1, 0.15) is 4.90 Å². The molecule has 13 heavy (non-hydrogen) atoms. The molecule has 0 spiro atoms. The molecule has 0 aliphatic heterocycles. The first-order chi connectivity index (χ1) is 5.84. The lowest BCUT2D eigenvalue weighted by Crippen LogP contribution is -2.02. The minimum Gasteiger partial charge on any atom is -0.398 e. The van der Waals surface area contributed by atoms with E-state index in [1.807, 2.05) is 0 Å². The number of hydrogen-bond donors (Lipinski definition) is 2. The van der Waals surface area contributed by atoms with Crippen LogP contribution in [0.5, 0.6) is 0 Å². The molecule has 72 valence electrons. The Labute approximate surface area is 84.6 Å². The third-order valence-corrected chi connectivity index (χ3v) is 3.65. The van der Waals surface area contributed by atoms with Gasteiger partial charge in [0.15, 0.2) is 0 Å². The van der Waals surface area contributed by atoms with Crippen LogP contribution >= 0.6 is 15.9 Å². The summed E-state index contributed by atoms with van der Waals surface area (Å²) < 4.78 is 30.5. The first-order valence-electron chi connectivity index (χ1n) is 3.36. The van der Waals surface area contributed by atoms with Crippen LogP contribution in [-0.2, 0) is 10.1 Å². The number of hydrogen-bond acceptors (Lipinski definition) is 3. The molecule has 0 aromatic heterocycles. The Morgan fingerprint density at radius 3 is 2.46 bits per heavy atom. The van der Waals surface area contributed by atoms with Crippen molar-refractivity contribution in [3.63, 3.8) is 0 Å². The third kappa shape index (κ3) is 2.01. The molecule has 0 amide bonds. The summed E-state index contributed by atoms with van der Waals surface area (Å²) in [7, 11) is -4.20. The van der Waals surface area contributed by atoms with Crippen LogP contribution in [0.25, 0.3) is 0 Å². The second kappa shape index (κ2) is 3.28. The number of anilines is 1. The van der Waals surface area contributed by atoms with E-state index < -0.39 is 10.1 Å². The van der Waals surface area contributed by atoms with E-state index in [9.17, 15) is 8.42 Å². The van der Waals surface area contributed by atoms with Gasteiger partial charge < -0.3 is 5.73 Å². The standard InChI is InChI=1S/C7H8BrNO3S/c1-4-2-3-5(13(10,11)12)6(8)7(4)9/h2-3H,9H2,1H3,(H,10,11,12). The van der Waals surface area contributed by atoms with E-state index in [1.54, 1.807) is 6.92 Å². The molecule has 0 radical (unpaired) electrons. The smallest absolute Gasteiger partial charge is 0.295 e. The quantitative estimate of drug-likeness (QED) is 0.597. The zero-order valence-corrected chi connectivity index (χ0v) is 9.18. The number of nitrogens with two attached hydrogens (primary N) is 1. The summed E-state index contributed by atoms with van der Waals surface area (Å²) in [5, 5.41) is 0. The molecule has 4 nitrogen and oxygen atoms in total. The van der Waals surface area contributed by atoms with Crippen molar-refractivity contribution >= 4 is 31.7 Å². The SMILES string of the molecule is Cc1ccc(S(=O)(=O)O)c(Br)c1N. The molecule has 0 saturated carbocycles. The van der Waals surface area contributed by atoms with Gasteiger partial charge in [-0.05, 0) is 34.5 Å². The maximum atomic E-state index is 10.8. The summed E-state index contributed by atoms with van der Waals surface area (Å²) in [4.78, 5) is -0.212. The summed E-state index contributed by atoms with van der Waals surface area (Å²) in [6.07, 6.45) is 0. The maximum Gasteiger partial charge on any atom is 0.295 e. The molecule has 1 rings (SSSR count). The maximum absolute atomic E-state index is 10.8. The van der Waals surface area contributed by atoms with Crippen molar-refractivity contribution in [1.29, 1.82) is 0 Å². The topological polar surface area (TPSA) is 80.4 Å². The lowest BCUT2D eigenvalue weighted by atomic mass is 10.2. The average molecular weight is 266 g/mol. The van der Waals surface area contributed by atoms with Crippen LogP contribution in [0.15, 0.2) is 21.5 Å². The Bertz CT molecular complexity index is 441. The van der Waals surface area contributed by atoms with Crippen molar-refractivity contribution in [3.8, 4) is 0 Å². The van der Waals surface area contributed by atoms with Crippen molar-refractivity contribution in [2.45, 2.75) is 11.8 Å². The van der Waals surface area contributed by atoms with Gasteiger partial charge in [0.25, 0.3) is 10.1 Å². The van der Waals surface area contributed by atoms with E-state index in [0.717, 1.165) is 5.56 Å². The third-order valence-electron chi connectivity index (χ3n) is 1.64. The second-order valence-corrected chi connectivity index (χ2v) is 4.77. The van der Waals surface area contributed by atoms with Crippen LogP contribution in [0.2, 0.25) is 0 Å². The molecule has 0 aliphatic carbocycles. The van der Waals surface area contributed by atoms with E-state index in [-0.39, 0.29) is 9.37 Å². The molecule has 0 aliphatic rings. The van der Waals surface area contributed by atoms with Crippen molar-refractivity contribution in [2.75, 3.05) is 5.73 Å². The Morgan fingerprint density at radius 1 is 1.46 bits per heavy atom. The van der Waals surface area contributed by atoms with E-state index in [4.69, 9.17) is 10.3 Å². The van der Waals surface area contributed by atoms with Crippen molar-refractivity contribution < 1.29 is 13.0 Å². The summed E-state index contributed by atoms with van der Waals surface area (Å²) in [6.45, 7) is 1.74. The minimum absolute atomic E-state index is 0.204. The second-order valence-electron chi connectivity index (χ2n) is 2.58. The highest BCUT2D eigenvalue weighted by atomic mass is 79.9. The van der Waals surface area contributed by atoms with Gasteiger partial charge in [-0.3, -0.25) is 4.55 Å². The highest BCUT2D eigenvalue weighted by Crippen LogP contribution is 2.29. The minimum atomic E-state index is -4.20. The summed E-state index contributed by atoms with van der Waals surface area (Å²) in [6, 6.07) is 2.83. The molecule has 0 bridgehead atoms. The zero-order valence-electron chi connectivity index (χ0n) is 6.78. The number of halogens is 1. The number of nitrogen functional groups attached to an aromatic ring is 1. The summed E-state index contributed by atoms with van der Waals surface area (Å²) >= 11 is 3.00. The van der Waals surface area contributed by atoms with Crippen LogP contribution in [0, 0.1) is 6.92 Å². The molecule has 6 heteroatoms. The van der Waals surface area contributed by atoms with Crippen LogP contribution in [-0.4, -0.2) is 13.0 Å². The fourth-order valence-corrected chi connectivity index (χ4v) is 2.50. The molecule has 0 fully saturated rings. The zero-order chi connectivity index (χ0) is 10.2. The molecule has 3 N–H and O–H groups in total. The van der Waals surface area contributed by atoms with Crippen molar-refractivity contribution in [1.82, 2.24) is 0 Å². The van der Waals surface area contributed by atoms with Gasteiger partial charge in [0.05, 0.1) is 10.2 Å². The Morgan fingerprint density at radius 2 is 2.00 bits per heavy atom. The summed E-state index contributed by atoms with van der Waals surface area (Å²) in [5.74, 6) is 0. The van der Waals surface area contributed by atoms with Gasteiger partial charge in [-0.1, -0.05) is 6.07 Å². The van der Waals surface area contributed by atoms with E-state index in [0.29, 0.717) is 5.69 Å². The largest absolute Gasteiger partial charge is 0.398 e. The predicted molar refractivity (Wildman–Crippen MR) is 53.1 cm³/mol. The Balaban J connectivity index is 3.53. The van der Waals surface area contributed by atoms with Gasteiger partial charge in [-0.15, -0.1) is 0 Å². The molecular weight excluding hydrogens is 258 g/mol. The van der Waals surface area contributed by atoms with Gasteiger partial charge in [0, 0.05) is 0 Å². The van der Waals surface area contributed by atoms with E-state index in [2.05, 4.69) is 15.9 Å². The van der Waals surface area contributed by atoms with Crippen molar-refractivity contribution in [2.24, 2.45) is 0 Å². The Hall–Kier alpha value is -0.590. The molecule has 1 aromatic rings. The number of benzene rings is 1. The lowest BCUT2D eigenvalue weighted by molar-refractivity contribution is 0.482. The lowest BCUT2D eigenvalue weighted by Gasteiger charge is -2.06. The monoisotopic (exact) mass is 265 g/mol. The number of rotatable bonds is 1. The summed E-state index contributed by atoms with van der Waals surface area (Å²) in [5.41, 5.74) is 6.62. The van der Waals surface area contributed by atoms with Crippen LogP contribution in [0.4, 0.5) is 5.69 Å². The van der Waals surface area contributed by atoms with Gasteiger partial charge in [-0.25, -0.2) is 0 Å². The van der Waals surface area contributed by atoms with Gasteiger partial charge >= 0.3 is 0 Å². The highest BCUT2D eigenvalue weighted by molar-refractivity contribution is 9.10. The first-order valence-corrected chi connectivity index (χ1v) is 5.59. The van der Waals surface area contributed by atoms with Crippen molar-refractivity contribution in [3.05, 3.63) is 22.2 Å². The number of aryl methyl sites for hydroxylation is 1. The highest BCUT2D eigenvalue weighted by Gasteiger charge is 2.16. The molecule has 0 heterocycles. The van der Waals surface area contributed by atoms with Gasteiger partial charge in [-0.2, -0.15) is 8.42 Å². The molecule has 0 saturated heterocycles. The average Bonchev–Trinajstić information content (AvgIpc) is 1.98. The van der Waals surface area contributed by atoms with Crippen LogP contribution < -0.4 is 5.73 Å². The fraction of sp³-hybridized carbons (Fsp3) is 0.143. The normalized spacial score (nSPS) is 11.6. The van der Waals surface area contributed by atoms with Crippen LogP contribution in [0.3, 0.4) is 0 Å². The molecule has 0 atom stereocenters. The van der Waals surface area contributed by atoms with E-state index >= 15 is 0 Å². The van der Waals surface area contributed by atoms with Crippen LogP contribution in [0.1, 0.15) is 5.56 Å².